The normalized spacial score (nSPS) is 10.8. The number of esters is 1. The molecule has 4 rings (SSSR count). The van der Waals surface area contributed by atoms with Crippen LogP contribution in [0.4, 0.5) is 4.39 Å². The van der Waals surface area contributed by atoms with Gasteiger partial charge in [0.05, 0.1) is 16.8 Å². The molecule has 0 N–H and O–H groups in total. The Morgan fingerprint density at radius 3 is 2.35 bits per heavy atom. The van der Waals surface area contributed by atoms with Gasteiger partial charge in [0.1, 0.15) is 5.82 Å². The summed E-state index contributed by atoms with van der Waals surface area (Å²) >= 11 is 0. The first-order valence-corrected chi connectivity index (χ1v) is 10.00. The Labute approximate surface area is 179 Å². The van der Waals surface area contributed by atoms with Crippen molar-refractivity contribution in [3.8, 4) is 11.3 Å². The number of carbonyl (C=O) groups excluding carboxylic acids is 2. The lowest BCUT2D eigenvalue weighted by Gasteiger charge is -2.10. The third kappa shape index (κ3) is 4.51. The van der Waals surface area contributed by atoms with E-state index >= 15 is 0 Å². The van der Waals surface area contributed by atoms with Crippen LogP contribution in [0.25, 0.3) is 22.2 Å². The number of carbonyl (C=O) groups is 2. The predicted octanol–water partition coefficient (Wildman–Crippen LogP) is 5.64. The zero-order valence-electron chi connectivity index (χ0n) is 17.0. The maximum Gasteiger partial charge on any atom is 0.339 e. The van der Waals surface area contributed by atoms with Crippen molar-refractivity contribution >= 4 is 22.7 Å². The molecule has 4 aromatic rings. The van der Waals surface area contributed by atoms with E-state index in [0.29, 0.717) is 33.3 Å². The molecule has 0 radical (unpaired) electrons. The average Bonchev–Trinajstić information content (AvgIpc) is 2.82. The number of rotatable bonds is 6. The standard InChI is InChI=1S/C26H20FNO3/c1-2-17-7-9-19(10-8-17)25(29)16-31-26(30)22-15-24(18-11-13-20(27)14-12-18)28-23-6-4-3-5-21(22)23/h3-15H,2,16H2,1H3. The molecule has 1 aromatic heterocycles. The molecule has 0 unspecified atom stereocenters. The van der Waals surface area contributed by atoms with Crippen LogP contribution in [0, 0.1) is 5.82 Å². The van der Waals surface area contributed by atoms with E-state index in [1.165, 1.54) is 12.1 Å². The van der Waals surface area contributed by atoms with Crippen LogP contribution in [-0.2, 0) is 11.2 Å². The Morgan fingerprint density at radius 2 is 1.65 bits per heavy atom. The van der Waals surface area contributed by atoms with E-state index in [1.807, 2.05) is 25.1 Å². The first-order chi connectivity index (χ1) is 15.0. The minimum Gasteiger partial charge on any atom is -0.454 e. The van der Waals surface area contributed by atoms with E-state index in [9.17, 15) is 14.0 Å². The molecule has 31 heavy (non-hydrogen) atoms. The number of hydrogen-bond donors (Lipinski definition) is 0. The van der Waals surface area contributed by atoms with Gasteiger partial charge < -0.3 is 4.74 Å². The van der Waals surface area contributed by atoms with Gasteiger partial charge >= 0.3 is 5.97 Å². The molecule has 0 fully saturated rings. The summed E-state index contributed by atoms with van der Waals surface area (Å²) < 4.78 is 18.6. The highest BCUT2D eigenvalue weighted by Crippen LogP contribution is 2.25. The number of halogens is 1. The molecule has 0 amide bonds. The fourth-order valence-electron chi connectivity index (χ4n) is 3.33. The molecule has 5 heteroatoms. The number of aryl methyl sites for hydroxylation is 1. The monoisotopic (exact) mass is 413 g/mol. The lowest BCUT2D eigenvalue weighted by molar-refractivity contribution is 0.0476. The Morgan fingerprint density at radius 1 is 0.935 bits per heavy atom. The smallest absolute Gasteiger partial charge is 0.339 e. The maximum absolute atomic E-state index is 13.3. The number of nitrogens with zero attached hydrogens (tertiary/aromatic N) is 1. The van der Waals surface area contributed by atoms with E-state index in [2.05, 4.69) is 4.98 Å². The summed E-state index contributed by atoms with van der Waals surface area (Å²) in [6.07, 6.45) is 0.884. The van der Waals surface area contributed by atoms with Crippen molar-refractivity contribution in [1.82, 2.24) is 4.98 Å². The molecule has 154 valence electrons. The molecular formula is C26H20FNO3. The van der Waals surface area contributed by atoms with Crippen LogP contribution in [0.15, 0.2) is 78.9 Å². The number of ether oxygens (including phenoxy) is 1. The van der Waals surface area contributed by atoms with Crippen molar-refractivity contribution < 1.29 is 18.7 Å². The average molecular weight is 413 g/mol. The number of hydrogen-bond acceptors (Lipinski definition) is 4. The van der Waals surface area contributed by atoms with Crippen LogP contribution in [0.1, 0.15) is 33.2 Å². The van der Waals surface area contributed by atoms with Crippen LogP contribution in [-0.4, -0.2) is 23.3 Å². The van der Waals surface area contributed by atoms with Crippen molar-refractivity contribution in [3.63, 3.8) is 0 Å². The number of para-hydroxylation sites is 1. The molecule has 0 aliphatic rings. The lowest BCUT2D eigenvalue weighted by Crippen LogP contribution is -2.15. The van der Waals surface area contributed by atoms with Crippen molar-refractivity contribution in [2.45, 2.75) is 13.3 Å². The molecule has 0 saturated carbocycles. The quantitative estimate of drug-likeness (QED) is 0.303. The van der Waals surface area contributed by atoms with Gasteiger partial charge in [0.2, 0.25) is 0 Å². The number of aromatic nitrogens is 1. The number of benzene rings is 3. The van der Waals surface area contributed by atoms with E-state index in [-0.39, 0.29) is 18.2 Å². The SMILES string of the molecule is CCc1ccc(C(=O)COC(=O)c2cc(-c3ccc(F)cc3)nc3ccccc23)cc1. The Bertz CT molecular complexity index is 1250. The molecule has 0 aliphatic carbocycles. The number of Topliss-reactive ketones (excluding diaryl/α,β-unsaturated/α-hetero) is 1. The molecule has 0 spiro atoms. The molecule has 4 nitrogen and oxygen atoms in total. The van der Waals surface area contributed by atoms with E-state index < -0.39 is 5.97 Å². The lowest BCUT2D eigenvalue weighted by atomic mass is 10.0. The minimum absolute atomic E-state index is 0.270. The van der Waals surface area contributed by atoms with Gasteiger partial charge in [-0.05, 0) is 48.4 Å². The zero-order valence-corrected chi connectivity index (χ0v) is 17.0. The van der Waals surface area contributed by atoms with Crippen molar-refractivity contribution in [2.24, 2.45) is 0 Å². The highest BCUT2D eigenvalue weighted by Gasteiger charge is 2.17. The highest BCUT2D eigenvalue weighted by molar-refractivity contribution is 6.06. The first kappa shape index (κ1) is 20.4. The van der Waals surface area contributed by atoms with Gasteiger partial charge in [-0.3, -0.25) is 4.79 Å². The summed E-state index contributed by atoms with van der Waals surface area (Å²) in [5.41, 5.74) is 3.74. The summed E-state index contributed by atoms with van der Waals surface area (Å²) in [7, 11) is 0. The summed E-state index contributed by atoms with van der Waals surface area (Å²) in [5, 5.41) is 0.623. The van der Waals surface area contributed by atoms with Crippen molar-refractivity contribution in [2.75, 3.05) is 6.61 Å². The molecular weight excluding hydrogens is 393 g/mol. The number of pyridine rings is 1. The molecule has 0 saturated heterocycles. The third-order valence-corrected chi connectivity index (χ3v) is 5.09. The summed E-state index contributed by atoms with van der Waals surface area (Å²) in [5.74, 6) is -1.23. The van der Waals surface area contributed by atoms with Gasteiger partial charge in [0, 0.05) is 16.5 Å². The van der Waals surface area contributed by atoms with Crippen LogP contribution in [0.5, 0.6) is 0 Å². The predicted molar refractivity (Wildman–Crippen MR) is 118 cm³/mol. The largest absolute Gasteiger partial charge is 0.454 e. The fourth-order valence-corrected chi connectivity index (χ4v) is 3.33. The van der Waals surface area contributed by atoms with E-state index in [4.69, 9.17) is 4.74 Å². The summed E-state index contributed by atoms with van der Waals surface area (Å²) in [4.78, 5) is 29.9. The van der Waals surface area contributed by atoms with E-state index in [1.54, 1.807) is 48.5 Å². The molecule has 0 aliphatic heterocycles. The van der Waals surface area contributed by atoms with Gasteiger partial charge in [-0.1, -0.05) is 49.4 Å². The maximum atomic E-state index is 13.3. The fraction of sp³-hybridized carbons (Fsp3) is 0.115. The van der Waals surface area contributed by atoms with Crippen LogP contribution >= 0.6 is 0 Å². The Balaban J connectivity index is 1.60. The second-order valence-electron chi connectivity index (χ2n) is 7.13. The summed E-state index contributed by atoms with van der Waals surface area (Å²) in [6, 6.07) is 21.9. The van der Waals surface area contributed by atoms with Crippen LogP contribution in [0.2, 0.25) is 0 Å². The highest BCUT2D eigenvalue weighted by atomic mass is 19.1. The van der Waals surface area contributed by atoms with Crippen LogP contribution in [0.3, 0.4) is 0 Å². The molecule has 1 heterocycles. The van der Waals surface area contributed by atoms with Gasteiger partial charge in [-0.25, -0.2) is 14.2 Å². The molecule has 3 aromatic carbocycles. The van der Waals surface area contributed by atoms with Gasteiger partial charge in [0.15, 0.2) is 12.4 Å². The number of fused-ring (bicyclic) bond motifs is 1. The number of ketones is 1. The second-order valence-corrected chi connectivity index (χ2v) is 7.13. The second kappa shape index (κ2) is 8.88. The Kier molecular flexibility index (Phi) is 5.85. The summed E-state index contributed by atoms with van der Waals surface area (Å²) in [6.45, 7) is 1.69. The topological polar surface area (TPSA) is 56.3 Å². The third-order valence-electron chi connectivity index (χ3n) is 5.09. The van der Waals surface area contributed by atoms with Gasteiger partial charge in [-0.15, -0.1) is 0 Å². The van der Waals surface area contributed by atoms with Crippen LogP contribution < -0.4 is 0 Å². The zero-order chi connectivity index (χ0) is 21.8. The van der Waals surface area contributed by atoms with E-state index in [0.717, 1.165) is 12.0 Å². The molecule has 0 atom stereocenters. The minimum atomic E-state index is -0.611. The van der Waals surface area contributed by atoms with Crippen molar-refractivity contribution in [3.05, 3.63) is 101 Å². The molecule has 0 bridgehead atoms. The van der Waals surface area contributed by atoms with Gasteiger partial charge in [-0.2, -0.15) is 0 Å². The van der Waals surface area contributed by atoms with Gasteiger partial charge in [0.25, 0.3) is 0 Å². The first-order valence-electron chi connectivity index (χ1n) is 10.00. The van der Waals surface area contributed by atoms with Crippen molar-refractivity contribution in [1.29, 1.82) is 0 Å². The Hall–Kier alpha value is -3.86.